The Morgan fingerprint density at radius 1 is 0.920 bits per heavy atom. The largest absolute Gasteiger partial charge is 0.481 e. The Kier molecular flexibility index (Phi) is 11.3. The van der Waals surface area contributed by atoms with Gasteiger partial charge < -0.3 is 9.64 Å². The first-order valence-electron chi connectivity index (χ1n) is 10.4. The van der Waals surface area contributed by atoms with E-state index in [2.05, 4.69) is 44.7 Å². The summed E-state index contributed by atoms with van der Waals surface area (Å²) in [5.74, 6) is 3.28. The van der Waals surface area contributed by atoms with E-state index in [-0.39, 0.29) is 0 Å². The van der Waals surface area contributed by atoms with Crippen LogP contribution in [0.15, 0.2) is 18.2 Å². The van der Waals surface area contributed by atoms with Crippen LogP contribution in [-0.4, -0.2) is 25.2 Å². The minimum Gasteiger partial charge on any atom is -0.481 e. The molecule has 2 atom stereocenters. The van der Waals surface area contributed by atoms with Crippen LogP contribution in [0.3, 0.4) is 0 Å². The van der Waals surface area contributed by atoms with E-state index in [1.54, 1.807) is 7.11 Å². The molecule has 3 nitrogen and oxygen atoms in total. The number of rotatable bonds is 14. The fourth-order valence-electron chi connectivity index (χ4n) is 3.41. The van der Waals surface area contributed by atoms with Crippen LogP contribution in [0.5, 0.6) is 5.88 Å². The summed E-state index contributed by atoms with van der Waals surface area (Å²) in [4.78, 5) is 7.25. The van der Waals surface area contributed by atoms with Crippen LogP contribution in [0.2, 0.25) is 0 Å². The molecule has 3 heteroatoms. The molecule has 0 bridgehead atoms. The molecule has 0 fully saturated rings. The van der Waals surface area contributed by atoms with Crippen LogP contribution >= 0.6 is 0 Å². The number of ether oxygens (including phenoxy) is 1. The van der Waals surface area contributed by atoms with E-state index in [0.29, 0.717) is 5.88 Å². The molecule has 0 aliphatic carbocycles. The van der Waals surface area contributed by atoms with Gasteiger partial charge in [0, 0.05) is 19.2 Å². The van der Waals surface area contributed by atoms with E-state index >= 15 is 0 Å². The number of unbranched alkanes of at least 4 members (excludes halogenated alkanes) is 2. The van der Waals surface area contributed by atoms with Crippen molar-refractivity contribution in [2.45, 2.75) is 79.1 Å². The van der Waals surface area contributed by atoms with Crippen molar-refractivity contribution in [1.82, 2.24) is 4.98 Å². The molecule has 0 amide bonds. The zero-order chi connectivity index (χ0) is 18.5. The minimum atomic E-state index is 0.714. The smallest absolute Gasteiger partial charge is 0.214 e. The molecule has 1 aromatic rings. The minimum absolute atomic E-state index is 0.714. The Bertz CT molecular complexity index is 431. The third-order valence-electron chi connectivity index (χ3n) is 5.29. The van der Waals surface area contributed by atoms with Gasteiger partial charge in [0.1, 0.15) is 5.82 Å². The highest BCUT2D eigenvalue weighted by Gasteiger charge is 2.18. The lowest BCUT2D eigenvalue weighted by Crippen LogP contribution is -2.34. The third-order valence-corrected chi connectivity index (χ3v) is 5.29. The molecule has 0 saturated carbocycles. The molecule has 1 aromatic heterocycles. The Morgan fingerprint density at radius 3 is 1.92 bits per heavy atom. The van der Waals surface area contributed by atoms with Crippen molar-refractivity contribution in [2.75, 3.05) is 25.1 Å². The van der Waals surface area contributed by atoms with E-state index in [1.807, 2.05) is 6.07 Å². The van der Waals surface area contributed by atoms with E-state index in [9.17, 15) is 0 Å². The second kappa shape index (κ2) is 13.0. The van der Waals surface area contributed by atoms with Gasteiger partial charge in [-0.3, -0.25) is 0 Å². The van der Waals surface area contributed by atoms with Gasteiger partial charge in [-0.2, -0.15) is 4.98 Å². The van der Waals surface area contributed by atoms with Crippen molar-refractivity contribution < 1.29 is 4.74 Å². The van der Waals surface area contributed by atoms with Crippen molar-refractivity contribution in [3.63, 3.8) is 0 Å². The molecular formula is C22H40N2O. The zero-order valence-corrected chi connectivity index (χ0v) is 17.3. The Hall–Kier alpha value is -1.25. The SMILES string of the molecule is CCCC[C@@H](CC)CN(C[C@@H](CC)CCCC)c1cccc(OC)n1. The van der Waals surface area contributed by atoms with Crippen LogP contribution in [0.1, 0.15) is 79.1 Å². The molecule has 0 aliphatic heterocycles. The van der Waals surface area contributed by atoms with E-state index in [0.717, 1.165) is 30.7 Å². The second-order valence-corrected chi connectivity index (χ2v) is 7.28. The van der Waals surface area contributed by atoms with Crippen molar-refractivity contribution in [3.8, 4) is 5.88 Å². The number of hydrogen-bond acceptors (Lipinski definition) is 3. The lowest BCUT2D eigenvalue weighted by molar-refractivity contribution is 0.389. The van der Waals surface area contributed by atoms with Gasteiger partial charge in [-0.15, -0.1) is 0 Å². The molecule has 0 saturated heterocycles. The summed E-state index contributed by atoms with van der Waals surface area (Å²) in [5.41, 5.74) is 0. The van der Waals surface area contributed by atoms with Crippen LogP contribution in [0.25, 0.3) is 0 Å². The van der Waals surface area contributed by atoms with Gasteiger partial charge >= 0.3 is 0 Å². The van der Waals surface area contributed by atoms with Gasteiger partial charge in [0.2, 0.25) is 5.88 Å². The molecule has 1 heterocycles. The second-order valence-electron chi connectivity index (χ2n) is 7.28. The van der Waals surface area contributed by atoms with Crippen molar-refractivity contribution in [2.24, 2.45) is 11.8 Å². The first-order chi connectivity index (χ1) is 12.2. The van der Waals surface area contributed by atoms with Crippen molar-refractivity contribution in [1.29, 1.82) is 0 Å². The lowest BCUT2D eigenvalue weighted by atomic mass is 9.95. The van der Waals surface area contributed by atoms with E-state index in [4.69, 9.17) is 9.72 Å². The predicted molar refractivity (Wildman–Crippen MR) is 110 cm³/mol. The molecule has 0 radical (unpaired) electrons. The lowest BCUT2D eigenvalue weighted by Gasteiger charge is -2.31. The number of aromatic nitrogens is 1. The monoisotopic (exact) mass is 348 g/mol. The van der Waals surface area contributed by atoms with Gasteiger partial charge in [0.25, 0.3) is 0 Å². The molecule has 0 unspecified atom stereocenters. The van der Waals surface area contributed by atoms with E-state index < -0.39 is 0 Å². The summed E-state index contributed by atoms with van der Waals surface area (Å²) in [5, 5.41) is 0. The summed E-state index contributed by atoms with van der Waals surface area (Å²) in [7, 11) is 1.70. The fourth-order valence-corrected chi connectivity index (χ4v) is 3.41. The number of methoxy groups -OCH3 is 1. The van der Waals surface area contributed by atoms with Crippen molar-refractivity contribution in [3.05, 3.63) is 18.2 Å². The highest BCUT2D eigenvalue weighted by molar-refractivity contribution is 5.40. The Balaban J connectivity index is 2.90. The summed E-state index contributed by atoms with van der Waals surface area (Å²) in [6, 6.07) is 6.14. The molecule has 0 N–H and O–H groups in total. The number of anilines is 1. The van der Waals surface area contributed by atoms with Crippen LogP contribution in [0.4, 0.5) is 5.82 Å². The van der Waals surface area contributed by atoms with E-state index in [1.165, 1.54) is 51.4 Å². The topological polar surface area (TPSA) is 25.4 Å². The summed E-state index contributed by atoms with van der Waals surface area (Å²) in [6.45, 7) is 11.4. The number of pyridine rings is 1. The highest BCUT2D eigenvalue weighted by atomic mass is 16.5. The normalized spacial score (nSPS) is 13.5. The predicted octanol–water partition coefficient (Wildman–Crippen LogP) is 6.33. The van der Waals surface area contributed by atoms with Gasteiger partial charge in [-0.05, 0) is 30.7 Å². The average molecular weight is 349 g/mol. The van der Waals surface area contributed by atoms with Gasteiger partial charge in [-0.1, -0.05) is 72.3 Å². The summed E-state index contributed by atoms with van der Waals surface area (Å²) >= 11 is 0. The first kappa shape index (κ1) is 21.8. The molecule has 0 spiro atoms. The van der Waals surface area contributed by atoms with Crippen molar-refractivity contribution >= 4 is 5.82 Å². The van der Waals surface area contributed by atoms with Gasteiger partial charge in [0.05, 0.1) is 7.11 Å². The maximum absolute atomic E-state index is 5.36. The Morgan fingerprint density at radius 2 is 1.48 bits per heavy atom. The Labute approximate surface area is 156 Å². The maximum Gasteiger partial charge on any atom is 0.214 e. The fraction of sp³-hybridized carbons (Fsp3) is 0.773. The first-order valence-corrected chi connectivity index (χ1v) is 10.4. The molecule has 1 rings (SSSR count). The standard InChI is InChI=1S/C22H40N2O/c1-6-10-13-19(8-3)17-24(18-20(9-4)14-11-7-2)21-15-12-16-22(23-21)25-5/h12,15-16,19-20H,6-11,13-14,17-18H2,1-5H3/t19-,20+. The third kappa shape index (κ3) is 8.11. The van der Waals surface area contributed by atoms with Gasteiger partial charge in [0.15, 0.2) is 0 Å². The highest BCUT2D eigenvalue weighted by Crippen LogP contribution is 2.24. The quantitative estimate of drug-likeness (QED) is 0.393. The number of hydrogen-bond donors (Lipinski definition) is 0. The molecule has 0 aliphatic rings. The zero-order valence-electron chi connectivity index (χ0n) is 17.3. The van der Waals surface area contributed by atoms with Crippen LogP contribution < -0.4 is 9.64 Å². The van der Waals surface area contributed by atoms with Gasteiger partial charge in [-0.25, -0.2) is 0 Å². The summed E-state index contributed by atoms with van der Waals surface area (Å²) < 4.78 is 5.36. The molecular weight excluding hydrogens is 308 g/mol. The molecule has 144 valence electrons. The summed E-state index contributed by atoms with van der Waals surface area (Å²) in [6.07, 6.45) is 10.3. The molecule has 25 heavy (non-hydrogen) atoms. The van der Waals surface area contributed by atoms with Crippen LogP contribution in [0, 0.1) is 11.8 Å². The number of nitrogens with zero attached hydrogens (tertiary/aromatic N) is 2. The average Bonchev–Trinajstić information content (AvgIpc) is 2.66. The molecule has 0 aromatic carbocycles. The maximum atomic E-state index is 5.36. The van der Waals surface area contributed by atoms with Crippen LogP contribution in [-0.2, 0) is 0 Å².